The van der Waals surface area contributed by atoms with E-state index < -0.39 is 0 Å². The van der Waals surface area contributed by atoms with E-state index in [0.717, 1.165) is 34.8 Å². The van der Waals surface area contributed by atoms with E-state index in [1.54, 1.807) is 0 Å². The molecule has 0 saturated heterocycles. The third kappa shape index (κ3) is 2.90. The quantitative estimate of drug-likeness (QED) is 0.856. The van der Waals surface area contributed by atoms with Crippen LogP contribution < -0.4 is 0 Å². The summed E-state index contributed by atoms with van der Waals surface area (Å²) in [5.74, 6) is 0.537. The smallest absolute Gasteiger partial charge is 0.263 e. The lowest BCUT2D eigenvalue weighted by Gasteiger charge is -2.26. The number of likely N-dealkylation sites (N-methyl/N-ethyl adjacent to an activating group) is 1. The first-order valence-corrected chi connectivity index (χ1v) is 9.01. The summed E-state index contributed by atoms with van der Waals surface area (Å²) in [7, 11) is 1.91. The molecule has 0 aromatic carbocycles. The van der Waals surface area contributed by atoms with Crippen LogP contribution in [0, 0.1) is 13.8 Å². The van der Waals surface area contributed by atoms with Crippen LogP contribution in [0.25, 0.3) is 0 Å². The number of aromatic nitrogens is 1. The zero-order valence-electron chi connectivity index (χ0n) is 12.7. The minimum Gasteiger partial charge on any atom is -0.340 e. The highest BCUT2D eigenvalue weighted by molar-refractivity contribution is 7.12. The lowest BCUT2D eigenvalue weighted by molar-refractivity contribution is 0.0787. The van der Waals surface area contributed by atoms with Gasteiger partial charge in [-0.1, -0.05) is 0 Å². The number of nitrogens with zero attached hydrogens (tertiary/aromatic N) is 2. The summed E-state index contributed by atoms with van der Waals surface area (Å²) in [4.78, 5) is 21.4. The number of thiazole rings is 1. The maximum atomic E-state index is 12.5. The van der Waals surface area contributed by atoms with Crippen LogP contribution in [0.4, 0.5) is 0 Å². The largest absolute Gasteiger partial charge is 0.340 e. The Morgan fingerprint density at radius 2 is 2.29 bits per heavy atom. The normalized spacial score (nSPS) is 17.6. The van der Waals surface area contributed by atoms with Gasteiger partial charge in [0.25, 0.3) is 5.91 Å². The predicted molar refractivity (Wildman–Crippen MR) is 88.5 cm³/mol. The van der Waals surface area contributed by atoms with Crippen LogP contribution in [0.3, 0.4) is 0 Å². The monoisotopic (exact) mass is 320 g/mol. The molecule has 1 aliphatic carbocycles. The van der Waals surface area contributed by atoms with Crippen LogP contribution in [0.1, 0.15) is 49.6 Å². The van der Waals surface area contributed by atoms with Crippen molar-refractivity contribution in [3.05, 3.63) is 37.5 Å². The third-order valence-corrected chi connectivity index (χ3v) is 6.13. The van der Waals surface area contributed by atoms with Crippen molar-refractivity contribution in [2.24, 2.45) is 0 Å². The zero-order chi connectivity index (χ0) is 15.0. The average Bonchev–Trinajstić information content (AvgIpc) is 3.03. The number of hydrogen-bond acceptors (Lipinski definition) is 4. The fourth-order valence-electron chi connectivity index (χ4n) is 2.99. The maximum absolute atomic E-state index is 12.5. The number of carbonyl (C=O) groups is 1. The van der Waals surface area contributed by atoms with E-state index in [9.17, 15) is 4.79 Å². The summed E-state index contributed by atoms with van der Waals surface area (Å²) in [6.45, 7) is 4.84. The van der Waals surface area contributed by atoms with Gasteiger partial charge in [0.1, 0.15) is 0 Å². The van der Waals surface area contributed by atoms with Gasteiger partial charge in [-0.05, 0) is 50.1 Å². The second-order valence-corrected chi connectivity index (χ2v) is 7.95. The second kappa shape index (κ2) is 5.89. The van der Waals surface area contributed by atoms with Crippen molar-refractivity contribution >= 4 is 28.6 Å². The van der Waals surface area contributed by atoms with Crippen LogP contribution in [-0.4, -0.2) is 29.4 Å². The molecule has 0 bridgehead atoms. The summed E-state index contributed by atoms with van der Waals surface area (Å²) < 4.78 is 0. The highest BCUT2D eigenvalue weighted by Gasteiger charge is 2.27. The molecule has 0 radical (unpaired) electrons. The first-order chi connectivity index (χ1) is 10.1. The second-order valence-electron chi connectivity index (χ2n) is 5.75. The van der Waals surface area contributed by atoms with Crippen molar-refractivity contribution in [1.29, 1.82) is 0 Å². The van der Waals surface area contributed by atoms with Gasteiger partial charge in [-0.3, -0.25) is 4.79 Å². The van der Waals surface area contributed by atoms with Crippen molar-refractivity contribution in [2.75, 3.05) is 13.6 Å². The molecule has 2 aromatic heterocycles. The van der Waals surface area contributed by atoms with Gasteiger partial charge in [0.15, 0.2) is 0 Å². The number of thiophene rings is 1. The number of hydrogen-bond donors (Lipinski definition) is 0. The summed E-state index contributed by atoms with van der Waals surface area (Å²) >= 11 is 3.35. The molecule has 0 aliphatic heterocycles. The molecule has 0 N–H and O–H groups in total. The van der Waals surface area contributed by atoms with E-state index in [4.69, 9.17) is 4.98 Å². The van der Waals surface area contributed by atoms with Gasteiger partial charge >= 0.3 is 0 Å². The minimum absolute atomic E-state index is 0.140. The Labute approximate surface area is 133 Å². The fraction of sp³-hybridized carbons (Fsp3) is 0.500. The van der Waals surface area contributed by atoms with Crippen molar-refractivity contribution in [2.45, 2.75) is 39.0 Å². The lowest BCUT2D eigenvalue weighted by Crippen LogP contribution is -2.32. The van der Waals surface area contributed by atoms with Gasteiger partial charge in [0, 0.05) is 24.4 Å². The molecule has 1 atom stereocenters. The number of aryl methyl sites for hydroxylation is 3. The molecule has 3 nitrogen and oxygen atoms in total. The molecule has 0 spiro atoms. The first kappa shape index (κ1) is 14.7. The Morgan fingerprint density at radius 3 is 3.00 bits per heavy atom. The molecule has 5 heteroatoms. The Bertz CT molecular complexity index is 659. The van der Waals surface area contributed by atoms with Crippen LogP contribution in [0.15, 0.2) is 11.4 Å². The minimum atomic E-state index is 0.140. The Hall–Kier alpha value is -1.20. The average molecular weight is 320 g/mol. The molecular weight excluding hydrogens is 300 g/mol. The molecule has 1 aliphatic rings. The van der Waals surface area contributed by atoms with Crippen molar-refractivity contribution in [1.82, 2.24) is 9.88 Å². The number of rotatable bonds is 3. The van der Waals surface area contributed by atoms with Gasteiger partial charge in [0.2, 0.25) is 0 Å². The van der Waals surface area contributed by atoms with Gasteiger partial charge in [0.05, 0.1) is 15.6 Å². The standard InChI is InChI=1S/C16H20N2OS2/c1-10-7-8-20-15(10)16(19)18(3)9-12-5-4-6-13-14(12)17-11(2)21-13/h7-8,12H,4-6,9H2,1-3H3/t12-/m1/s1. The van der Waals surface area contributed by atoms with Gasteiger partial charge in [-0.15, -0.1) is 22.7 Å². The Kier molecular flexibility index (Phi) is 4.13. The van der Waals surface area contributed by atoms with Crippen LogP contribution in [0.5, 0.6) is 0 Å². The van der Waals surface area contributed by atoms with Crippen LogP contribution in [-0.2, 0) is 6.42 Å². The summed E-state index contributed by atoms with van der Waals surface area (Å²) in [6, 6.07) is 2.01. The number of amides is 1. The lowest BCUT2D eigenvalue weighted by atomic mass is 9.90. The van der Waals surface area contributed by atoms with E-state index in [1.165, 1.54) is 28.3 Å². The molecule has 3 rings (SSSR count). The maximum Gasteiger partial charge on any atom is 0.263 e. The highest BCUT2D eigenvalue weighted by atomic mass is 32.1. The number of fused-ring (bicyclic) bond motifs is 1. The summed E-state index contributed by atoms with van der Waals surface area (Å²) in [6.07, 6.45) is 3.50. The van der Waals surface area contributed by atoms with Gasteiger partial charge in [-0.2, -0.15) is 0 Å². The molecule has 1 amide bonds. The SMILES string of the molecule is Cc1nc2c(s1)CCC[C@@H]2CN(C)C(=O)c1sccc1C. The molecule has 21 heavy (non-hydrogen) atoms. The molecule has 2 aromatic rings. The zero-order valence-corrected chi connectivity index (χ0v) is 14.3. The van der Waals surface area contributed by atoms with E-state index in [1.807, 2.05) is 41.7 Å². The first-order valence-electron chi connectivity index (χ1n) is 7.32. The van der Waals surface area contributed by atoms with E-state index in [0.29, 0.717) is 5.92 Å². The van der Waals surface area contributed by atoms with Gasteiger partial charge in [-0.25, -0.2) is 4.98 Å². The van der Waals surface area contributed by atoms with Crippen molar-refractivity contribution in [3.8, 4) is 0 Å². The molecule has 0 fully saturated rings. The topological polar surface area (TPSA) is 33.2 Å². The van der Waals surface area contributed by atoms with E-state index in [-0.39, 0.29) is 5.91 Å². The Balaban J connectivity index is 1.75. The van der Waals surface area contributed by atoms with Crippen LogP contribution >= 0.6 is 22.7 Å². The summed E-state index contributed by atoms with van der Waals surface area (Å²) in [5, 5.41) is 3.13. The highest BCUT2D eigenvalue weighted by Crippen LogP contribution is 2.35. The third-order valence-electron chi connectivity index (χ3n) is 4.07. The fourth-order valence-corrected chi connectivity index (χ4v) is 4.97. The van der Waals surface area contributed by atoms with Gasteiger partial charge < -0.3 is 4.90 Å². The number of carbonyl (C=O) groups excluding carboxylic acids is 1. The molecule has 0 saturated carbocycles. The van der Waals surface area contributed by atoms with Crippen molar-refractivity contribution in [3.63, 3.8) is 0 Å². The van der Waals surface area contributed by atoms with Crippen molar-refractivity contribution < 1.29 is 4.79 Å². The summed E-state index contributed by atoms with van der Waals surface area (Å²) in [5.41, 5.74) is 2.32. The predicted octanol–water partition coefficient (Wildman–Crippen LogP) is 4.01. The molecule has 0 unspecified atom stereocenters. The molecular formula is C16H20N2OS2. The van der Waals surface area contributed by atoms with Crippen LogP contribution in [0.2, 0.25) is 0 Å². The van der Waals surface area contributed by atoms with E-state index >= 15 is 0 Å². The van der Waals surface area contributed by atoms with E-state index in [2.05, 4.69) is 6.92 Å². The Morgan fingerprint density at radius 1 is 1.48 bits per heavy atom. The molecule has 112 valence electrons. The molecule has 2 heterocycles.